The maximum Gasteiger partial charge on any atom is 0.307 e. The van der Waals surface area contributed by atoms with Gasteiger partial charge in [0.2, 0.25) is 0 Å². The summed E-state index contributed by atoms with van der Waals surface area (Å²) in [7, 11) is 0. The topological polar surface area (TPSA) is 90.7 Å². The molecule has 0 spiro atoms. The molecule has 1 aromatic rings. The number of aromatic nitrogens is 2. The fraction of sp³-hybridized carbons (Fsp3) is 0.805. The molecule has 0 N–H and O–H groups in total. The van der Waals surface area contributed by atoms with Crippen LogP contribution >= 0.6 is 11.8 Å². The van der Waals surface area contributed by atoms with Gasteiger partial charge < -0.3 is 18.9 Å². The van der Waals surface area contributed by atoms with Crippen LogP contribution in [0.5, 0.6) is 0 Å². The Balaban J connectivity index is 2.56. The Labute approximate surface area is 310 Å². The van der Waals surface area contributed by atoms with Gasteiger partial charge in [0.1, 0.15) is 18.5 Å². The number of thioether (sulfide) groups is 1. The van der Waals surface area contributed by atoms with Gasteiger partial charge in [0.25, 0.3) is 5.24 Å². The number of esters is 2. The summed E-state index contributed by atoms with van der Waals surface area (Å²) >= 11 is 1.32. The summed E-state index contributed by atoms with van der Waals surface area (Å²) in [5.74, 6) is 1.30. The average Bonchev–Trinajstić information content (AvgIpc) is 3.52. The van der Waals surface area contributed by atoms with Crippen LogP contribution < -0.4 is 0 Å². The van der Waals surface area contributed by atoms with E-state index in [1.807, 2.05) is 24.1 Å². The molecule has 0 aliphatic carbocycles. The lowest BCUT2D eigenvalue weighted by atomic mass is 10.0. The molecule has 1 heterocycles. The first-order valence-corrected chi connectivity index (χ1v) is 21.3. The minimum absolute atomic E-state index is 0.00411. The van der Waals surface area contributed by atoms with E-state index in [0.717, 1.165) is 70.2 Å². The molecule has 0 bridgehead atoms. The number of carbonyl (C=O) groups is 3. The van der Waals surface area contributed by atoms with E-state index in [9.17, 15) is 14.4 Å². The number of nitrogens with zero attached hydrogens (tertiary/aromatic N) is 3. The molecule has 1 rings (SSSR count). The minimum Gasteiger partial charge on any atom is -0.462 e. The number of hydrogen-bond acceptors (Lipinski definition) is 7. The standard InChI is InChI=1S/C41H73N3O5S/c1-5-8-11-14-15-18-24-35-48-39(45)28-22-19-23-31-44(41(47)50-36-25-32-43-34-30-42-37(43)4)33-29-40(46)49-38(26-20-16-12-9-6-2)27-21-17-13-10-7-3/h18,24,30,34,38H,5-17,19-23,25-29,31-33,35-36H2,1-4H3/b24-18-. The maximum absolute atomic E-state index is 13.3. The predicted octanol–water partition coefficient (Wildman–Crippen LogP) is 11.4. The highest BCUT2D eigenvalue weighted by atomic mass is 32.2. The Hall–Kier alpha value is -2.29. The van der Waals surface area contributed by atoms with Crippen molar-refractivity contribution in [1.29, 1.82) is 0 Å². The number of carbonyl (C=O) groups excluding carboxylic acids is 3. The maximum atomic E-state index is 13.3. The van der Waals surface area contributed by atoms with Gasteiger partial charge in [-0.1, -0.05) is 122 Å². The Kier molecular flexibility index (Phi) is 29.8. The van der Waals surface area contributed by atoms with Crippen LogP contribution in [0.3, 0.4) is 0 Å². The van der Waals surface area contributed by atoms with Gasteiger partial charge in [-0.25, -0.2) is 4.98 Å². The van der Waals surface area contributed by atoms with Crippen LogP contribution in [-0.4, -0.2) is 63.2 Å². The third-order valence-corrected chi connectivity index (χ3v) is 10.1. The van der Waals surface area contributed by atoms with E-state index in [1.54, 1.807) is 6.20 Å². The second-order valence-electron chi connectivity index (χ2n) is 13.7. The molecule has 288 valence electrons. The van der Waals surface area contributed by atoms with Crippen molar-refractivity contribution in [1.82, 2.24) is 14.5 Å². The molecule has 8 nitrogen and oxygen atoms in total. The summed E-state index contributed by atoms with van der Waals surface area (Å²) in [4.78, 5) is 44.7. The molecule has 0 radical (unpaired) electrons. The molecule has 1 amide bonds. The Morgan fingerprint density at radius 3 is 2.04 bits per heavy atom. The molecular weight excluding hydrogens is 647 g/mol. The summed E-state index contributed by atoms with van der Waals surface area (Å²) < 4.78 is 13.5. The van der Waals surface area contributed by atoms with Crippen LogP contribution in [-0.2, 0) is 25.6 Å². The quantitative estimate of drug-likeness (QED) is 0.0406. The monoisotopic (exact) mass is 720 g/mol. The molecule has 0 aromatic carbocycles. The number of aryl methyl sites for hydroxylation is 2. The number of ether oxygens (including phenoxy) is 2. The van der Waals surface area contributed by atoms with Crippen LogP contribution in [0.2, 0.25) is 0 Å². The molecule has 0 saturated carbocycles. The number of allylic oxidation sites excluding steroid dienone is 1. The zero-order chi connectivity index (χ0) is 36.5. The Bertz CT molecular complexity index is 1000. The van der Waals surface area contributed by atoms with Crippen LogP contribution in [0.4, 0.5) is 4.79 Å². The third kappa shape index (κ3) is 25.6. The van der Waals surface area contributed by atoms with E-state index in [2.05, 4.69) is 36.4 Å². The van der Waals surface area contributed by atoms with Gasteiger partial charge >= 0.3 is 11.9 Å². The minimum atomic E-state index is -0.201. The smallest absolute Gasteiger partial charge is 0.307 e. The van der Waals surface area contributed by atoms with Crippen molar-refractivity contribution in [3.8, 4) is 0 Å². The summed E-state index contributed by atoms with van der Waals surface area (Å²) in [6.45, 7) is 10.7. The van der Waals surface area contributed by atoms with Gasteiger partial charge in [-0.3, -0.25) is 14.4 Å². The molecule has 0 saturated heterocycles. The molecule has 0 aliphatic rings. The highest BCUT2D eigenvalue weighted by Gasteiger charge is 2.19. The Morgan fingerprint density at radius 1 is 0.760 bits per heavy atom. The number of rotatable bonds is 33. The number of imidazole rings is 1. The molecule has 0 aliphatic heterocycles. The van der Waals surface area contributed by atoms with Gasteiger partial charge in [-0.2, -0.15) is 0 Å². The summed E-state index contributed by atoms with van der Waals surface area (Å²) in [6, 6.07) is 0. The summed E-state index contributed by atoms with van der Waals surface area (Å²) in [5.41, 5.74) is 0. The van der Waals surface area contributed by atoms with Crippen molar-refractivity contribution < 1.29 is 23.9 Å². The van der Waals surface area contributed by atoms with E-state index in [4.69, 9.17) is 9.47 Å². The van der Waals surface area contributed by atoms with Gasteiger partial charge in [-0.05, 0) is 64.7 Å². The lowest BCUT2D eigenvalue weighted by molar-refractivity contribution is -0.150. The van der Waals surface area contributed by atoms with Gasteiger partial charge in [0.05, 0.1) is 6.42 Å². The molecule has 0 atom stereocenters. The third-order valence-electron chi connectivity index (χ3n) is 9.13. The molecular formula is C41H73N3O5S. The van der Waals surface area contributed by atoms with E-state index < -0.39 is 0 Å². The van der Waals surface area contributed by atoms with Crippen LogP contribution in [0.15, 0.2) is 24.5 Å². The van der Waals surface area contributed by atoms with Crippen molar-refractivity contribution in [3.63, 3.8) is 0 Å². The zero-order valence-electron chi connectivity index (χ0n) is 32.5. The van der Waals surface area contributed by atoms with E-state index in [-0.39, 0.29) is 29.7 Å². The second-order valence-corrected chi connectivity index (χ2v) is 14.8. The Morgan fingerprint density at radius 2 is 1.40 bits per heavy atom. The molecule has 50 heavy (non-hydrogen) atoms. The van der Waals surface area contributed by atoms with Crippen LogP contribution in [0.25, 0.3) is 0 Å². The van der Waals surface area contributed by atoms with Crippen molar-refractivity contribution in [2.45, 2.75) is 188 Å². The van der Waals surface area contributed by atoms with E-state index >= 15 is 0 Å². The van der Waals surface area contributed by atoms with Crippen molar-refractivity contribution in [2.24, 2.45) is 0 Å². The van der Waals surface area contributed by atoms with Crippen molar-refractivity contribution in [2.75, 3.05) is 25.4 Å². The average molecular weight is 720 g/mol. The zero-order valence-corrected chi connectivity index (χ0v) is 33.3. The van der Waals surface area contributed by atoms with Crippen LogP contribution in [0, 0.1) is 6.92 Å². The molecule has 0 fully saturated rings. The number of unbranched alkanes of at least 4 members (excludes halogenated alkanes) is 14. The lowest BCUT2D eigenvalue weighted by Crippen LogP contribution is -2.32. The highest BCUT2D eigenvalue weighted by molar-refractivity contribution is 8.13. The van der Waals surface area contributed by atoms with E-state index in [0.29, 0.717) is 31.9 Å². The normalized spacial score (nSPS) is 11.5. The predicted molar refractivity (Wildman–Crippen MR) is 210 cm³/mol. The molecule has 1 aromatic heterocycles. The SMILES string of the molecule is CCCCCC/C=C\COC(=O)CCCCCN(CCC(=O)OC(CCCCCCC)CCCCCCC)C(=O)SCCCn1ccnc1C. The van der Waals surface area contributed by atoms with Gasteiger partial charge in [0, 0.05) is 44.2 Å². The first-order valence-electron chi connectivity index (χ1n) is 20.3. The molecule has 0 unspecified atom stereocenters. The first-order chi connectivity index (χ1) is 24.4. The molecule has 9 heteroatoms. The number of amides is 1. The largest absolute Gasteiger partial charge is 0.462 e. The highest BCUT2D eigenvalue weighted by Crippen LogP contribution is 2.18. The summed E-state index contributed by atoms with van der Waals surface area (Å²) in [5, 5.41) is 0.00411. The van der Waals surface area contributed by atoms with Gasteiger partial charge in [-0.15, -0.1) is 0 Å². The van der Waals surface area contributed by atoms with E-state index in [1.165, 1.54) is 88.8 Å². The fourth-order valence-electron chi connectivity index (χ4n) is 5.94. The van der Waals surface area contributed by atoms with Gasteiger partial charge in [0.15, 0.2) is 0 Å². The van der Waals surface area contributed by atoms with Crippen molar-refractivity contribution in [3.05, 3.63) is 30.4 Å². The fourth-order valence-corrected chi connectivity index (χ4v) is 6.75. The van der Waals surface area contributed by atoms with Crippen LogP contribution in [0.1, 0.15) is 174 Å². The second kappa shape index (κ2) is 32.6. The van der Waals surface area contributed by atoms with Crippen molar-refractivity contribution >= 4 is 28.9 Å². The summed E-state index contributed by atoms with van der Waals surface area (Å²) in [6.07, 6.45) is 31.3. The first kappa shape index (κ1) is 45.7. The number of hydrogen-bond donors (Lipinski definition) is 0. The lowest BCUT2D eigenvalue weighted by Gasteiger charge is -2.23.